The topological polar surface area (TPSA) is 35.5 Å². The molecule has 0 N–H and O–H groups in total. The molecular weight excluding hydrogens is 376 g/mol. The van der Waals surface area contributed by atoms with E-state index in [9.17, 15) is 4.79 Å². The first kappa shape index (κ1) is 14.9. The van der Waals surface area contributed by atoms with Gasteiger partial charge in [-0.15, -0.1) is 0 Å². The molecule has 1 atom stereocenters. The van der Waals surface area contributed by atoms with E-state index >= 15 is 0 Å². The molecule has 0 heterocycles. The van der Waals surface area contributed by atoms with Gasteiger partial charge in [0, 0.05) is 4.47 Å². The van der Waals surface area contributed by atoms with Crippen LogP contribution in [0.4, 0.5) is 0 Å². The summed E-state index contributed by atoms with van der Waals surface area (Å²) < 4.78 is 12.8. The van der Waals surface area contributed by atoms with Gasteiger partial charge in [-0.05, 0) is 66.7 Å². The summed E-state index contributed by atoms with van der Waals surface area (Å²) >= 11 is 6.78. The van der Waals surface area contributed by atoms with E-state index in [2.05, 4.69) is 31.9 Å². The van der Waals surface area contributed by atoms with Crippen LogP contribution in [0.25, 0.3) is 0 Å². The van der Waals surface area contributed by atoms with E-state index in [0.29, 0.717) is 5.75 Å². The Morgan fingerprint density at radius 3 is 2.63 bits per heavy atom. The van der Waals surface area contributed by atoms with Gasteiger partial charge in [0.25, 0.3) is 0 Å². The number of rotatable bonds is 4. The van der Waals surface area contributed by atoms with Crippen LogP contribution in [0.3, 0.4) is 0 Å². The number of ether oxygens (including phenoxy) is 2. The first-order chi connectivity index (χ1) is 9.06. The van der Waals surface area contributed by atoms with Gasteiger partial charge in [-0.2, -0.15) is 0 Å². The fraction of sp³-hybridized carbons (Fsp3) is 0.500. The molecule has 1 fully saturated rings. The Bertz CT molecular complexity index is 456. The summed E-state index contributed by atoms with van der Waals surface area (Å²) in [6.07, 6.45) is 3.71. The van der Waals surface area contributed by atoms with Gasteiger partial charge in [0.2, 0.25) is 0 Å². The quantitative estimate of drug-likeness (QED) is 0.710. The van der Waals surface area contributed by atoms with E-state index in [0.717, 1.165) is 34.6 Å². The van der Waals surface area contributed by atoms with Crippen LogP contribution in [0.5, 0.6) is 5.75 Å². The predicted molar refractivity (Wildman–Crippen MR) is 80.3 cm³/mol. The molecule has 1 aliphatic rings. The predicted octanol–water partition coefficient (Wildman–Crippen LogP) is 4.46. The van der Waals surface area contributed by atoms with E-state index in [-0.39, 0.29) is 12.1 Å². The van der Waals surface area contributed by atoms with Crippen molar-refractivity contribution in [3.05, 3.63) is 27.1 Å². The van der Waals surface area contributed by atoms with Crippen molar-refractivity contribution in [2.75, 3.05) is 0 Å². The van der Waals surface area contributed by atoms with E-state index in [1.54, 1.807) is 6.92 Å². The summed E-state index contributed by atoms with van der Waals surface area (Å²) in [5.41, 5.74) is 0. The second-order valence-electron chi connectivity index (χ2n) is 4.68. The zero-order valence-corrected chi connectivity index (χ0v) is 13.9. The van der Waals surface area contributed by atoms with Crippen molar-refractivity contribution in [1.82, 2.24) is 0 Å². The molecule has 104 valence electrons. The standard InChI is InChI=1S/C14H16Br2O3/c1-9(14(17)19-11-4-2-3-5-11)18-13-7-6-10(15)8-12(13)16/h6-9,11H,2-5H2,1H3/t9-/m1/s1. The average Bonchev–Trinajstić information content (AvgIpc) is 2.85. The van der Waals surface area contributed by atoms with Crippen LogP contribution in [0.2, 0.25) is 0 Å². The van der Waals surface area contributed by atoms with Crippen molar-refractivity contribution >= 4 is 37.8 Å². The molecule has 0 aliphatic heterocycles. The molecule has 0 aromatic heterocycles. The van der Waals surface area contributed by atoms with Crippen molar-refractivity contribution in [2.24, 2.45) is 0 Å². The van der Waals surface area contributed by atoms with Crippen LogP contribution in [0.15, 0.2) is 27.1 Å². The summed E-state index contributed by atoms with van der Waals surface area (Å²) in [5.74, 6) is 0.348. The number of benzene rings is 1. The molecule has 1 aromatic carbocycles. The molecular formula is C14H16Br2O3. The lowest BCUT2D eigenvalue weighted by molar-refractivity contribution is -0.156. The SMILES string of the molecule is C[C@@H](Oc1ccc(Br)cc1Br)C(=O)OC1CCCC1. The van der Waals surface area contributed by atoms with Gasteiger partial charge in [0.05, 0.1) is 4.47 Å². The Labute approximate surface area is 129 Å². The van der Waals surface area contributed by atoms with E-state index in [1.165, 1.54) is 0 Å². The number of esters is 1. The van der Waals surface area contributed by atoms with Gasteiger partial charge >= 0.3 is 5.97 Å². The highest BCUT2D eigenvalue weighted by Crippen LogP contribution is 2.29. The Hall–Kier alpha value is -0.550. The van der Waals surface area contributed by atoms with E-state index < -0.39 is 6.10 Å². The molecule has 1 saturated carbocycles. The summed E-state index contributed by atoms with van der Waals surface area (Å²) in [7, 11) is 0. The van der Waals surface area contributed by atoms with Gasteiger partial charge in [0.1, 0.15) is 11.9 Å². The van der Waals surface area contributed by atoms with Crippen LogP contribution < -0.4 is 4.74 Å². The summed E-state index contributed by atoms with van der Waals surface area (Å²) in [4.78, 5) is 11.9. The maximum absolute atomic E-state index is 11.9. The van der Waals surface area contributed by atoms with Gasteiger partial charge in [0.15, 0.2) is 6.10 Å². The smallest absolute Gasteiger partial charge is 0.347 e. The average molecular weight is 392 g/mol. The molecule has 2 rings (SSSR count). The van der Waals surface area contributed by atoms with Gasteiger partial charge in [-0.25, -0.2) is 4.79 Å². The molecule has 0 unspecified atom stereocenters. The molecule has 0 amide bonds. The van der Waals surface area contributed by atoms with Crippen molar-refractivity contribution in [3.8, 4) is 5.75 Å². The highest BCUT2D eigenvalue weighted by Gasteiger charge is 2.24. The van der Waals surface area contributed by atoms with Crippen LogP contribution in [-0.2, 0) is 9.53 Å². The third kappa shape index (κ3) is 4.21. The van der Waals surface area contributed by atoms with Crippen LogP contribution >= 0.6 is 31.9 Å². The normalized spacial score (nSPS) is 17.2. The van der Waals surface area contributed by atoms with Gasteiger partial charge in [-0.1, -0.05) is 15.9 Å². The maximum atomic E-state index is 11.9. The largest absolute Gasteiger partial charge is 0.478 e. The Morgan fingerprint density at radius 1 is 1.32 bits per heavy atom. The number of halogens is 2. The number of hydrogen-bond donors (Lipinski definition) is 0. The summed E-state index contributed by atoms with van der Waals surface area (Å²) in [6, 6.07) is 5.56. The van der Waals surface area contributed by atoms with Crippen molar-refractivity contribution in [2.45, 2.75) is 44.8 Å². The molecule has 0 saturated heterocycles. The lowest BCUT2D eigenvalue weighted by atomic mass is 10.3. The third-order valence-electron chi connectivity index (χ3n) is 3.11. The monoisotopic (exact) mass is 390 g/mol. The Balaban J connectivity index is 1.92. The lowest BCUT2D eigenvalue weighted by Crippen LogP contribution is -2.29. The summed E-state index contributed by atoms with van der Waals surface area (Å²) in [6.45, 7) is 1.71. The van der Waals surface area contributed by atoms with Crippen LogP contribution in [0, 0.1) is 0 Å². The molecule has 0 radical (unpaired) electrons. The number of carbonyl (C=O) groups is 1. The Kier molecular flexibility index (Phi) is 5.28. The molecule has 5 heteroatoms. The molecule has 1 aromatic rings. The highest BCUT2D eigenvalue weighted by molar-refractivity contribution is 9.11. The second kappa shape index (κ2) is 6.75. The lowest BCUT2D eigenvalue weighted by Gasteiger charge is -2.18. The zero-order chi connectivity index (χ0) is 13.8. The molecule has 1 aliphatic carbocycles. The third-order valence-corrected chi connectivity index (χ3v) is 4.23. The van der Waals surface area contributed by atoms with Crippen LogP contribution in [0.1, 0.15) is 32.6 Å². The second-order valence-corrected chi connectivity index (χ2v) is 6.45. The summed E-state index contributed by atoms with van der Waals surface area (Å²) in [5, 5.41) is 0. The fourth-order valence-corrected chi connectivity index (χ4v) is 3.22. The number of carbonyl (C=O) groups excluding carboxylic acids is 1. The first-order valence-corrected chi connectivity index (χ1v) is 7.97. The molecule has 0 spiro atoms. The van der Waals surface area contributed by atoms with E-state index in [1.807, 2.05) is 18.2 Å². The highest BCUT2D eigenvalue weighted by atomic mass is 79.9. The van der Waals surface area contributed by atoms with Crippen molar-refractivity contribution < 1.29 is 14.3 Å². The molecule has 19 heavy (non-hydrogen) atoms. The number of hydrogen-bond acceptors (Lipinski definition) is 3. The maximum Gasteiger partial charge on any atom is 0.347 e. The van der Waals surface area contributed by atoms with E-state index in [4.69, 9.17) is 9.47 Å². The van der Waals surface area contributed by atoms with Gasteiger partial charge in [-0.3, -0.25) is 0 Å². The minimum atomic E-state index is -0.599. The first-order valence-electron chi connectivity index (χ1n) is 6.38. The fourth-order valence-electron chi connectivity index (χ4n) is 2.08. The van der Waals surface area contributed by atoms with Gasteiger partial charge < -0.3 is 9.47 Å². The zero-order valence-electron chi connectivity index (χ0n) is 10.7. The Morgan fingerprint density at radius 2 is 2.00 bits per heavy atom. The minimum Gasteiger partial charge on any atom is -0.478 e. The van der Waals surface area contributed by atoms with Crippen molar-refractivity contribution in [1.29, 1.82) is 0 Å². The minimum absolute atomic E-state index is 0.0758. The van der Waals surface area contributed by atoms with Crippen molar-refractivity contribution in [3.63, 3.8) is 0 Å². The molecule has 0 bridgehead atoms. The molecule has 3 nitrogen and oxygen atoms in total. The van der Waals surface area contributed by atoms with Crippen LogP contribution in [-0.4, -0.2) is 18.2 Å².